The minimum absolute atomic E-state index is 0.0507. The number of hydrogen-bond donors (Lipinski definition) is 2. The molecule has 1 rings (SSSR count). The second-order valence-corrected chi connectivity index (χ2v) is 6.09. The summed E-state index contributed by atoms with van der Waals surface area (Å²) >= 11 is 0. The molecule has 0 heterocycles. The van der Waals surface area contributed by atoms with Crippen molar-refractivity contribution in [1.82, 2.24) is 5.32 Å². The molecule has 1 aliphatic rings. The van der Waals surface area contributed by atoms with Crippen molar-refractivity contribution in [2.24, 2.45) is 0 Å². The van der Waals surface area contributed by atoms with Gasteiger partial charge in [0.15, 0.2) is 0 Å². The first-order valence-corrected chi connectivity index (χ1v) is 7.28. The number of amides is 1. The molecule has 6 heteroatoms. The predicted octanol–water partition coefficient (Wildman–Crippen LogP) is 2.48. The van der Waals surface area contributed by atoms with Gasteiger partial charge in [-0.2, -0.15) is 0 Å². The summed E-state index contributed by atoms with van der Waals surface area (Å²) in [5.74, 6) is -1.09. The molecule has 0 bridgehead atoms. The Hall–Kier alpha value is -1.56. The molecule has 0 radical (unpaired) electrons. The van der Waals surface area contributed by atoms with Gasteiger partial charge in [0.25, 0.3) is 0 Å². The van der Waals surface area contributed by atoms with E-state index >= 15 is 0 Å². The van der Waals surface area contributed by atoms with Crippen molar-refractivity contribution in [3.05, 3.63) is 12.2 Å². The van der Waals surface area contributed by atoms with Gasteiger partial charge >= 0.3 is 12.1 Å². The Morgan fingerprint density at radius 1 is 1.43 bits per heavy atom. The number of aliphatic carboxylic acids is 1. The van der Waals surface area contributed by atoms with E-state index in [0.29, 0.717) is 0 Å². The van der Waals surface area contributed by atoms with E-state index in [1.807, 2.05) is 6.08 Å². The lowest BCUT2D eigenvalue weighted by molar-refractivity contribution is -0.140. The van der Waals surface area contributed by atoms with Crippen molar-refractivity contribution < 1.29 is 24.2 Å². The predicted molar refractivity (Wildman–Crippen MR) is 78.1 cm³/mol. The van der Waals surface area contributed by atoms with Crippen LogP contribution in [-0.2, 0) is 14.3 Å². The number of alkyl carbamates (subject to hydrolysis) is 1. The molecular formula is C15H25NO5. The largest absolute Gasteiger partial charge is 0.480 e. The van der Waals surface area contributed by atoms with Gasteiger partial charge in [0.1, 0.15) is 11.6 Å². The average molecular weight is 299 g/mol. The van der Waals surface area contributed by atoms with Gasteiger partial charge in [0.2, 0.25) is 0 Å². The second-order valence-electron chi connectivity index (χ2n) is 6.09. The van der Waals surface area contributed by atoms with Gasteiger partial charge in [-0.1, -0.05) is 12.2 Å². The summed E-state index contributed by atoms with van der Waals surface area (Å²) in [6.07, 6.45) is 6.70. The lowest BCUT2D eigenvalue weighted by Crippen LogP contribution is -2.44. The Morgan fingerprint density at radius 3 is 2.67 bits per heavy atom. The van der Waals surface area contributed by atoms with Crippen molar-refractivity contribution in [2.45, 2.75) is 64.2 Å². The Bertz CT molecular complexity index is 386. The molecule has 2 unspecified atom stereocenters. The molecule has 0 saturated carbocycles. The van der Waals surface area contributed by atoms with Crippen LogP contribution in [0, 0.1) is 0 Å². The number of carbonyl (C=O) groups excluding carboxylic acids is 1. The van der Waals surface area contributed by atoms with E-state index in [9.17, 15) is 9.59 Å². The smallest absolute Gasteiger partial charge is 0.408 e. The fourth-order valence-electron chi connectivity index (χ4n) is 1.96. The van der Waals surface area contributed by atoms with Crippen molar-refractivity contribution in [2.75, 3.05) is 6.61 Å². The molecule has 0 aromatic rings. The van der Waals surface area contributed by atoms with Crippen LogP contribution in [0.5, 0.6) is 0 Å². The zero-order valence-corrected chi connectivity index (χ0v) is 12.9. The van der Waals surface area contributed by atoms with E-state index in [4.69, 9.17) is 14.6 Å². The van der Waals surface area contributed by atoms with Crippen molar-refractivity contribution >= 4 is 12.1 Å². The number of rotatable bonds is 6. The Balaban J connectivity index is 2.36. The van der Waals surface area contributed by atoms with E-state index in [2.05, 4.69) is 11.4 Å². The van der Waals surface area contributed by atoms with Crippen LogP contribution in [0.3, 0.4) is 0 Å². The molecule has 0 aromatic heterocycles. The average Bonchev–Trinajstić information content (AvgIpc) is 2.36. The number of ether oxygens (including phenoxy) is 2. The fraction of sp³-hybridized carbons (Fsp3) is 0.733. The quantitative estimate of drug-likeness (QED) is 0.736. The fourth-order valence-corrected chi connectivity index (χ4v) is 1.96. The highest BCUT2D eigenvalue weighted by Crippen LogP contribution is 2.14. The second kappa shape index (κ2) is 8.02. The maximum atomic E-state index is 11.6. The molecule has 6 nitrogen and oxygen atoms in total. The number of hydrogen-bond acceptors (Lipinski definition) is 4. The third-order valence-electron chi connectivity index (χ3n) is 2.94. The van der Waals surface area contributed by atoms with E-state index in [-0.39, 0.29) is 19.1 Å². The highest BCUT2D eigenvalue weighted by molar-refractivity contribution is 5.79. The van der Waals surface area contributed by atoms with Gasteiger partial charge in [-0.15, -0.1) is 0 Å². The zero-order chi connectivity index (χ0) is 15.9. The van der Waals surface area contributed by atoms with E-state index in [0.717, 1.165) is 19.3 Å². The topological polar surface area (TPSA) is 84.9 Å². The van der Waals surface area contributed by atoms with Crippen LogP contribution in [0.4, 0.5) is 4.79 Å². The first-order chi connectivity index (χ1) is 9.78. The van der Waals surface area contributed by atoms with Gasteiger partial charge in [0.05, 0.1) is 6.10 Å². The van der Waals surface area contributed by atoms with Crippen molar-refractivity contribution in [3.8, 4) is 0 Å². The molecular weight excluding hydrogens is 274 g/mol. The number of allylic oxidation sites excluding steroid dienone is 1. The standard InChI is InChI=1S/C15H25NO5/c1-15(2,3)21-14(19)16-12(13(17)18)9-10-20-11-7-5-4-6-8-11/h5,7,11-12H,4,6,8-10H2,1-3H3,(H,16,19)(H,17,18). The maximum absolute atomic E-state index is 11.6. The molecule has 0 aromatic carbocycles. The minimum Gasteiger partial charge on any atom is -0.480 e. The van der Waals surface area contributed by atoms with E-state index < -0.39 is 23.7 Å². The summed E-state index contributed by atoms with van der Waals surface area (Å²) in [6.45, 7) is 5.45. The van der Waals surface area contributed by atoms with E-state index in [1.165, 1.54) is 0 Å². The number of carbonyl (C=O) groups is 2. The minimum atomic E-state index is -1.09. The van der Waals surface area contributed by atoms with Crippen LogP contribution in [0.25, 0.3) is 0 Å². The maximum Gasteiger partial charge on any atom is 0.408 e. The van der Waals surface area contributed by atoms with Gasteiger partial charge in [0, 0.05) is 13.0 Å². The van der Waals surface area contributed by atoms with Crippen LogP contribution in [-0.4, -0.2) is 41.5 Å². The molecule has 21 heavy (non-hydrogen) atoms. The van der Waals surface area contributed by atoms with Gasteiger partial charge in [-0.3, -0.25) is 0 Å². The summed E-state index contributed by atoms with van der Waals surface area (Å²) in [5, 5.41) is 11.5. The van der Waals surface area contributed by atoms with Crippen LogP contribution in [0.15, 0.2) is 12.2 Å². The lowest BCUT2D eigenvalue weighted by atomic mass is 10.1. The normalized spacial score (nSPS) is 19.9. The molecule has 1 aliphatic carbocycles. The molecule has 1 amide bonds. The van der Waals surface area contributed by atoms with Gasteiger partial charge < -0.3 is 19.9 Å². The summed E-state index contributed by atoms with van der Waals surface area (Å²) in [6, 6.07) is -1.01. The van der Waals surface area contributed by atoms with Crippen LogP contribution in [0.2, 0.25) is 0 Å². The van der Waals surface area contributed by atoms with Crippen molar-refractivity contribution in [3.63, 3.8) is 0 Å². The third kappa shape index (κ3) is 7.70. The number of carboxylic acid groups (broad SMARTS) is 1. The summed E-state index contributed by atoms with van der Waals surface area (Å²) < 4.78 is 10.7. The lowest BCUT2D eigenvalue weighted by Gasteiger charge is -2.22. The van der Waals surface area contributed by atoms with E-state index in [1.54, 1.807) is 20.8 Å². The van der Waals surface area contributed by atoms with Crippen LogP contribution < -0.4 is 5.32 Å². The monoisotopic (exact) mass is 299 g/mol. The highest BCUT2D eigenvalue weighted by Gasteiger charge is 2.24. The molecule has 0 saturated heterocycles. The van der Waals surface area contributed by atoms with Gasteiger partial charge in [-0.05, 0) is 40.0 Å². The molecule has 120 valence electrons. The Kier molecular flexibility index (Phi) is 6.68. The Labute approximate surface area is 125 Å². The molecule has 2 atom stereocenters. The van der Waals surface area contributed by atoms with Gasteiger partial charge in [-0.25, -0.2) is 9.59 Å². The number of carboxylic acids is 1. The molecule has 0 spiro atoms. The first kappa shape index (κ1) is 17.5. The Morgan fingerprint density at radius 2 is 2.14 bits per heavy atom. The SMILES string of the molecule is CC(C)(C)OC(=O)NC(CCOC1C=CCCC1)C(=O)O. The molecule has 2 N–H and O–H groups in total. The van der Waals surface area contributed by atoms with Crippen LogP contribution in [0.1, 0.15) is 46.5 Å². The van der Waals surface area contributed by atoms with Crippen LogP contribution >= 0.6 is 0 Å². The zero-order valence-electron chi connectivity index (χ0n) is 12.9. The first-order valence-electron chi connectivity index (χ1n) is 7.28. The number of nitrogens with one attached hydrogen (secondary N) is 1. The molecule has 0 aliphatic heterocycles. The highest BCUT2D eigenvalue weighted by atomic mass is 16.6. The summed E-state index contributed by atoms with van der Waals surface area (Å²) in [4.78, 5) is 22.7. The third-order valence-corrected chi connectivity index (χ3v) is 2.94. The summed E-state index contributed by atoms with van der Waals surface area (Å²) in [7, 11) is 0. The van der Waals surface area contributed by atoms with Crippen molar-refractivity contribution in [1.29, 1.82) is 0 Å². The molecule has 0 fully saturated rings. The summed E-state index contributed by atoms with van der Waals surface area (Å²) in [5.41, 5.74) is -0.656.